The first-order chi connectivity index (χ1) is 10.1. The van der Waals surface area contributed by atoms with Crippen molar-refractivity contribution in [3.63, 3.8) is 0 Å². The molecule has 2 aromatic carbocycles. The maximum Gasteiger partial charge on any atom is 0.419 e. The second-order valence-electron chi connectivity index (χ2n) is 4.82. The molecule has 5 heteroatoms. The van der Waals surface area contributed by atoms with Crippen LogP contribution in [0.3, 0.4) is 0 Å². The zero-order valence-corrected chi connectivity index (χ0v) is 11.5. The van der Waals surface area contributed by atoms with E-state index >= 15 is 0 Å². The Hall–Kier alpha value is -2.82. The highest BCUT2D eigenvalue weighted by atomic mass is 16.4. The second-order valence-corrected chi connectivity index (χ2v) is 4.82. The number of para-hydroxylation sites is 1. The highest BCUT2D eigenvalue weighted by Crippen LogP contribution is 2.15. The van der Waals surface area contributed by atoms with Gasteiger partial charge in [0.25, 0.3) is 0 Å². The van der Waals surface area contributed by atoms with E-state index in [1.807, 2.05) is 30.3 Å². The van der Waals surface area contributed by atoms with Crippen LogP contribution in [0.2, 0.25) is 0 Å². The molecule has 3 aromatic rings. The zero-order chi connectivity index (χ0) is 14.8. The van der Waals surface area contributed by atoms with Gasteiger partial charge in [-0.3, -0.25) is 9.36 Å². The van der Waals surface area contributed by atoms with Crippen LogP contribution in [0, 0.1) is 0 Å². The van der Waals surface area contributed by atoms with Crippen molar-refractivity contribution in [3.8, 4) is 0 Å². The number of carbonyl (C=O) groups excluding carboxylic acids is 1. The molecule has 0 unspecified atom stereocenters. The maximum atomic E-state index is 12.0. The highest BCUT2D eigenvalue weighted by molar-refractivity contribution is 5.92. The van der Waals surface area contributed by atoms with Crippen molar-refractivity contribution in [2.75, 3.05) is 5.32 Å². The Morgan fingerprint density at radius 3 is 2.71 bits per heavy atom. The second kappa shape index (κ2) is 5.28. The molecule has 0 atom stereocenters. The summed E-state index contributed by atoms with van der Waals surface area (Å²) in [6.45, 7) is 0. The van der Waals surface area contributed by atoms with E-state index in [9.17, 15) is 9.59 Å². The van der Waals surface area contributed by atoms with Gasteiger partial charge in [0.1, 0.15) is 0 Å². The van der Waals surface area contributed by atoms with Gasteiger partial charge in [0.15, 0.2) is 5.58 Å². The minimum Gasteiger partial charge on any atom is -0.408 e. The fourth-order valence-electron chi connectivity index (χ4n) is 2.19. The number of hydrogen-bond acceptors (Lipinski definition) is 3. The molecule has 0 aliphatic heterocycles. The third-order valence-corrected chi connectivity index (χ3v) is 3.28. The van der Waals surface area contributed by atoms with Gasteiger partial charge in [0, 0.05) is 12.7 Å². The number of carbonyl (C=O) groups is 1. The Morgan fingerprint density at radius 2 is 1.95 bits per heavy atom. The molecule has 21 heavy (non-hydrogen) atoms. The fourth-order valence-corrected chi connectivity index (χ4v) is 2.19. The number of oxazole rings is 1. The van der Waals surface area contributed by atoms with E-state index in [0.29, 0.717) is 11.1 Å². The van der Waals surface area contributed by atoms with Crippen LogP contribution in [-0.2, 0) is 18.3 Å². The molecule has 0 aliphatic rings. The molecule has 3 rings (SSSR count). The lowest BCUT2D eigenvalue weighted by molar-refractivity contribution is -0.115. The van der Waals surface area contributed by atoms with Crippen molar-refractivity contribution in [1.82, 2.24) is 4.57 Å². The van der Waals surface area contributed by atoms with Crippen molar-refractivity contribution >= 4 is 22.7 Å². The SMILES string of the molecule is Cn1c(=O)oc2ccc(CC(=O)Nc3ccccc3)cc21. The first-order valence-corrected chi connectivity index (χ1v) is 6.57. The molecule has 106 valence electrons. The lowest BCUT2D eigenvalue weighted by Gasteiger charge is -2.05. The molecule has 0 saturated carbocycles. The summed E-state index contributed by atoms with van der Waals surface area (Å²) in [6.07, 6.45) is 0.240. The first kappa shape index (κ1) is 13.2. The minimum atomic E-state index is -0.407. The average Bonchev–Trinajstić information content (AvgIpc) is 2.75. The Morgan fingerprint density at radius 1 is 1.19 bits per heavy atom. The van der Waals surface area contributed by atoms with E-state index in [2.05, 4.69) is 5.32 Å². The molecule has 0 bridgehead atoms. The van der Waals surface area contributed by atoms with Crippen LogP contribution in [0.5, 0.6) is 0 Å². The topological polar surface area (TPSA) is 64.2 Å². The van der Waals surface area contributed by atoms with Crippen molar-refractivity contribution in [2.24, 2.45) is 7.05 Å². The molecule has 5 nitrogen and oxygen atoms in total. The Bertz CT molecular complexity index is 847. The van der Waals surface area contributed by atoms with E-state index in [1.165, 1.54) is 4.57 Å². The van der Waals surface area contributed by atoms with Crippen LogP contribution < -0.4 is 11.1 Å². The summed E-state index contributed by atoms with van der Waals surface area (Å²) in [5.74, 6) is -0.509. The van der Waals surface area contributed by atoms with Gasteiger partial charge in [-0.2, -0.15) is 0 Å². The number of nitrogens with zero attached hydrogens (tertiary/aromatic N) is 1. The lowest BCUT2D eigenvalue weighted by atomic mass is 10.1. The number of hydrogen-bond donors (Lipinski definition) is 1. The summed E-state index contributed by atoms with van der Waals surface area (Å²) in [5, 5.41) is 2.83. The Balaban J connectivity index is 1.80. The van der Waals surface area contributed by atoms with Crippen molar-refractivity contribution in [3.05, 3.63) is 64.6 Å². The first-order valence-electron chi connectivity index (χ1n) is 6.57. The number of fused-ring (bicyclic) bond motifs is 1. The van der Waals surface area contributed by atoms with Crippen LogP contribution in [-0.4, -0.2) is 10.5 Å². The van der Waals surface area contributed by atoms with Gasteiger partial charge < -0.3 is 9.73 Å². The number of aromatic nitrogens is 1. The minimum absolute atomic E-state index is 0.103. The average molecular weight is 282 g/mol. The van der Waals surface area contributed by atoms with Gasteiger partial charge in [-0.25, -0.2) is 4.79 Å². The Kier molecular flexibility index (Phi) is 3.31. The summed E-state index contributed by atoms with van der Waals surface area (Å²) >= 11 is 0. The van der Waals surface area contributed by atoms with Gasteiger partial charge in [-0.1, -0.05) is 24.3 Å². The van der Waals surface area contributed by atoms with Gasteiger partial charge in [-0.05, 0) is 29.8 Å². The van der Waals surface area contributed by atoms with Crippen molar-refractivity contribution < 1.29 is 9.21 Å². The summed E-state index contributed by atoms with van der Waals surface area (Å²) in [4.78, 5) is 23.4. The standard InChI is InChI=1S/C16H14N2O3/c1-18-13-9-11(7-8-14(13)21-16(18)20)10-15(19)17-12-5-3-2-4-6-12/h2-9H,10H2,1H3,(H,17,19). The predicted molar refractivity (Wildman–Crippen MR) is 80.2 cm³/mol. The molecule has 1 aromatic heterocycles. The number of nitrogens with one attached hydrogen (secondary N) is 1. The van der Waals surface area contributed by atoms with Gasteiger partial charge in [0.05, 0.1) is 11.9 Å². The van der Waals surface area contributed by atoms with Crippen LogP contribution in [0.4, 0.5) is 5.69 Å². The van der Waals surface area contributed by atoms with Crippen molar-refractivity contribution in [2.45, 2.75) is 6.42 Å². The fraction of sp³-hybridized carbons (Fsp3) is 0.125. The van der Waals surface area contributed by atoms with E-state index in [4.69, 9.17) is 4.42 Å². The summed E-state index contributed by atoms with van der Waals surface area (Å²) in [5.41, 5.74) is 2.80. The highest BCUT2D eigenvalue weighted by Gasteiger charge is 2.09. The third-order valence-electron chi connectivity index (χ3n) is 3.28. The van der Waals surface area contributed by atoms with Crippen LogP contribution in [0.15, 0.2) is 57.7 Å². The summed E-state index contributed by atoms with van der Waals surface area (Å²) < 4.78 is 6.49. The van der Waals surface area contributed by atoms with E-state index in [0.717, 1.165) is 11.3 Å². The maximum absolute atomic E-state index is 12.0. The molecule has 1 amide bonds. The van der Waals surface area contributed by atoms with Crippen molar-refractivity contribution in [1.29, 1.82) is 0 Å². The number of aryl methyl sites for hydroxylation is 1. The largest absolute Gasteiger partial charge is 0.419 e. The van der Waals surface area contributed by atoms with Gasteiger partial charge in [-0.15, -0.1) is 0 Å². The molecule has 0 radical (unpaired) electrons. The predicted octanol–water partition coefficient (Wildman–Crippen LogP) is 2.31. The van der Waals surface area contributed by atoms with E-state index < -0.39 is 5.76 Å². The Labute approximate surface area is 120 Å². The van der Waals surface area contributed by atoms with Gasteiger partial charge >= 0.3 is 5.76 Å². The molecule has 0 spiro atoms. The number of rotatable bonds is 3. The molecule has 0 saturated heterocycles. The summed E-state index contributed by atoms with van der Waals surface area (Å²) in [7, 11) is 1.64. The van der Waals surface area contributed by atoms with Crippen LogP contribution in [0.25, 0.3) is 11.1 Å². The normalized spacial score (nSPS) is 10.7. The van der Waals surface area contributed by atoms with Crippen LogP contribution in [0.1, 0.15) is 5.56 Å². The molecule has 1 N–H and O–H groups in total. The molecule has 1 heterocycles. The molecular formula is C16H14N2O3. The van der Waals surface area contributed by atoms with E-state index in [1.54, 1.807) is 25.2 Å². The zero-order valence-electron chi connectivity index (χ0n) is 11.5. The number of anilines is 1. The summed E-state index contributed by atoms with van der Waals surface area (Å²) in [6, 6.07) is 14.6. The lowest BCUT2D eigenvalue weighted by Crippen LogP contribution is -2.14. The monoisotopic (exact) mass is 282 g/mol. The van der Waals surface area contributed by atoms with Gasteiger partial charge in [0.2, 0.25) is 5.91 Å². The molecular weight excluding hydrogens is 268 g/mol. The third kappa shape index (κ3) is 2.72. The quantitative estimate of drug-likeness (QED) is 0.801. The van der Waals surface area contributed by atoms with Crippen LogP contribution >= 0.6 is 0 Å². The number of amides is 1. The molecule has 0 fully saturated rings. The van der Waals surface area contributed by atoms with E-state index in [-0.39, 0.29) is 12.3 Å². The number of benzene rings is 2. The molecule has 0 aliphatic carbocycles. The smallest absolute Gasteiger partial charge is 0.408 e.